The first-order valence-electron chi connectivity index (χ1n) is 8.56. The maximum Gasteiger partial charge on any atom is 0.336 e. The zero-order valence-corrected chi connectivity index (χ0v) is 15.8. The minimum Gasteiger partial charge on any atom is -0.496 e. The monoisotopic (exact) mass is 395 g/mol. The van der Waals surface area contributed by atoms with Crippen molar-refractivity contribution in [1.82, 2.24) is 4.72 Å². The lowest BCUT2D eigenvalue weighted by molar-refractivity contribution is 0.410. The summed E-state index contributed by atoms with van der Waals surface area (Å²) in [4.78, 5) is 11.4. The molecule has 3 aromatic carbocycles. The van der Waals surface area contributed by atoms with Gasteiger partial charge in [-0.2, -0.15) is 0 Å². The molecule has 0 unspecified atom stereocenters. The second kappa shape index (κ2) is 7.10. The molecule has 0 aliphatic carbocycles. The molecule has 1 aromatic heterocycles. The summed E-state index contributed by atoms with van der Waals surface area (Å²) >= 11 is 0. The molecule has 1 heterocycles. The Morgan fingerprint density at radius 1 is 0.964 bits per heavy atom. The van der Waals surface area contributed by atoms with Crippen LogP contribution in [0.4, 0.5) is 0 Å². The van der Waals surface area contributed by atoms with Gasteiger partial charge in [0.2, 0.25) is 10.0 Å². The maximum absolute atomic E-state index is 12.8. The fraction of sp³-hybridized carbons (Fsp3) is 0.0952. The van der Waals surface area contributed by atoms with Gasteiger partial charge < -0.3 is 9.15 Å². The summed E-state index contributed by atoms with van der Waals surface area (Å²) in [7, 11) is -2.22. The van der Waals surface area contributed by atoms with Gasteiger partial charge in [0.15, 0.2) is 0 Å². The predicted octanol–water partition coefficient (Wildman–Crippen LogP) is 3.43. The molecule has 0 atom stereocenters. The molecule has 0 saturated carbocycles. The molecule has 6 nitrogen and oxygen atoms in total. The summed E-state index contributed by atoms with van der Waals surface area (Å²) in [6, 6.07) is 18.6. The Morgan fingerprint density at radius 2 is 1.75 bits per heavy atom. The molecular weight excluding hydrogens is 378 g/mol. The largest absolute Gasteiger partial charge is 0.496 e. The number of hydrogen-bond acceptors (Lipinski definition) is 5. The van der Waals surface area contributed by atoms with E-state index in [0.29, 0.717) is 16.7 Å². The number of rotatable bonds is 5. The highest BCUT2D eigenvalue weighted by Crippen LogP contribution is 2.28. The van der Waals surface area contributed by atoms with Crippen molar-refractivity contribution in [3.63, 3.8) is 0 Å². The van der Waals surface area contributed by atoms with Crippen LogP contribution >= 0.6 is 0 Å². The summed E-state index contributed by atoms with van der Waals surface area (Å²) in [5.41, 5.74) is 0.613. The van der Waals surface area contributed by atoms with Gasteiger partial charge in [0.1, 0.15) is 11.3 Å². The number of ether oxygens (including phenoxy) is 1. The fourth-order valence-corrected chi connectivity index (χ4v) is 4.19. The summed E-state index contributed by atoms with van der Waals surface area (Å²) in [5.74, 6) is 0.613. The Kier molecular flexibility index (Phi) is 4.62. The van der Waals surface area contributed by atoms with Gasteiger partial charge in [-0.3, -0.25) is 0 Å². The van der Waals surface area contributed by atoms with Crippen LogP contribution in [0.5, 0.6) is 5.75 Å². The molecule has 0 fully saturated rings. The standard InChI is InChI=1S/C21H17NO5S/c1-26-20-9-6-14-4-2-3-5-17(14)18(20)13-22-28(24,25)16-8-10-19-15(12-16)7-11-21(23)27-19/h2-12,22H,13H2,1H3. The maximum atomic E-state index is 12.8. The summed E-state index contributed by atoms with van der Waals surface area (Å²) in [6.07, 6.45) is 0. The lowest BCUT2D eigenvalue weighted by Gasteiger charge is -2.13. The van der Waals surface area contributed by atoms with Crippen molar-refractivity contribution >= 4 is 31.8 Å². The number of hydrogen-bond donors (Lipinski definition) is 1. The second-order valence-corrected chi connectivity index (χ2v) is 8.01. The molecule has 0 amide bonds. The Morgan fingerprint density at radius 3 is 2.57 bits per heavy atom. The molecule has 7 heteroatoms. The topological polar surface area (TPSA) is 85.6 Å². The van der Waals surface area contributed by atoms with E-state index in [9.17, 15) is 13.2 Å². The van der Waals surface area contributed by atoms with Gasteiger partial charge in [0, 0.05) is 23.6 Å². The average Bonchev–Trinajstić information content (AvgIpc) is 2.71. The van der Waals surface area contributed by atoms with Crippen molar-refractivity contribution in [2.45, 2.75) is 11.4 Å². The number of nitrogens with one attached hydrogen (secondary N) is 1. The van der Waals surface area contributed by atoms with Crippen LogP contribution in [-0.4, -0.2) is 15.5 Å². The third-order valence-corrected chi connectivity index (χ3v) is 5.96. The molecular formula is C21H17NO5S. The summed E-state index contributed by atoms with van der Waals surface area (Å²) in [6.45, 7) is 0.0781. The van der Waals surface area contributed by atoms with E-state index in [2.05, 4.69) is 4.72 Å². The van der Waals surface area contributed by atoms with Crippen molar-refractivity contribution in [2.75, 3.05) is 7.11 Å². The van der Waals surface area contributed by atoms with Crippen LogP contribution in [0.3, 0.4) is 0 Å². The molecule has 4 rings (SSSR count). The van der Waals surface area contributed by atoms with E-state index in [1.54, 1.807) is 7.11 Å². The molecule has 142 valence electrons. The summed E-state index contributed by atoms with van der Waals surface area (Å²) in [5, 5.41) is 2.45. The fourth-order valence-electron chi connectivity index (χ4n) is 3.16. The van der Waals surface area contributed by atoms with Crippen LogP contribution in [0.25, 0.3) is 21.7 Å². The molecule has 4 aromatic rings. The molecule has 28 heavy (non-hydrogen) atoms. The number of fused-ring (bicyclic) bond motifs is 2. The summed E-state index contributed by atoms with van der Waals surface area (Å²) < 4.78 is 38.7. The smallest absolute Gasteiger partial charge is 0.336 e. The minimum absolute atomic E-state index is 0.0781. The van der Waals surface area contributed by atoms with E-state index in [4.69, 9.17) is 9.15 Å². The van der Waals surface area contributed by atoms with E-state index in [1.165, 1.54) is 30.3 Å². The van der Waals surface area contributed by atoms with E-state index < -0.39 is 15.6 Å². The van der Waals surface area contributed by atoms with Gasteiger partial charge >= 0.3 is 5.63 Å². The van der Waals surface area contributed by atoms with Crippen LogP contribution in [0.2, 0.25) is 0 Å². The Bertz CT molecular complexity index is 1340. The third-order valence-electron chi connectivity index (χ3n) is 4.56. The van der Waals surface area contributed by atoms with Gasteiger partial charge in [-0.15, -0.1) is 0 Å². The van der Waals surface area contributed by atoms with E-state index >= 15 is 0 Å². The zero-order chi connectivity index (χ0) is 19.7. The lowest BCUT2D eigenvalue weighted by atomic mass is 10.0. The first-order valence-corrected chi connectivity index (χ1v) is 10.0. The van der Waals surface area contributed by atoms with Crippen molar-refractivity contribution in [1.29, 1.82) is 0 Å². The van der Waals surface area contributed by atoms with Crippen LogP contribution in [-0.2, 0) is 16.6 Å². The first-order chi connectivity index (χ1) is 13.5. The van der Waals surface area contributed by atoms with Crippen LogP contribution in [0.15, 0.2) is 80.8 Å². The highest BCUT2D eigenvalue weighted by Gasteiger charge is 2.17. The van der Waals surface area contributed by atoms with Gasteiger partial charge in [-0.25, -0.2) is 17.9 Å². The number of sulfonamides is 1. The van der Waals surface area contributed by atoms with Crippen LogP contribution in [0, 0.1) is 0 Å². The Labute approximate surface area is 161 Å². The van der Waals surface area contributed by atoms with Gasteiger partial charge in [0.05, 0.1) is 12.0 Å². The van der Waals surface area contributed by atoms with E-state index in [-0.39, 0.29) is 11.4 Å². The number of benzene rings is 3. The highest BCUT2D eigenvalue weighted by molar-refractivity contribution is 7.89. The predicted molar refractivity (Wildman–Crippen MR) is 107 cm³/mol. The van der Waals surface area contributed by atoms with Gasteiger partial charge in [-0.1, -0.05) is 30.3 Å². The van der Waals surface area contributed by atoms with Crippen molar-refractivity contribution in [3.05, 3.63) is 82.7 Å². The Balaban J connectivity index is 1.69. The first kappa shape index (κ1) is 18.2. The molecule has 0 bridgehead atoms. The van der Waals surface area contributed by atoms with E-state index in [1.807, 2.05) is 36.4 Å². The van der Waals surface area contributed by atoms with Crippen molar-refractivity contribution < 1.29 is 17.6 Å². The molecule has 0 spiro atoms. The molecule has 1 N–H and O–H groups in total. The molecule has 0 radical (unpaired) electrons. The van der Waals surface area contributed by atoms with Crippen LogP contribution in [0.1, 0.15) is 5.56 Å². The normalized spacial score (nSPS) is 11.8. The van der Waals surface area contributed by atoms with Crippen molar-refractivity contribution in [3.8, 4) is 5.75 Å². The average molecular weight is 395 g/mol. The molecule has 0 aliphatic rings. The number of methoxy groups -OCH3 is 1. The minimum atomic E-state index is -3.78. The van der Waals surface area contributed by atoms with E-state index in [0.717, 1.165) is 16.3 Å². The van der Waals surface area contributed by atoms with Crippen molar-refractivity contribution in [2.24, 2.45) is 0 Å². The quantitative estimate of drug-likeness (QED) is 0.523. The Hall–Kier alpha value is -3.16. The highest BCUT2D eigenvalue weighted by atomic mass is 32.2. The molecule has 0 aliphatic heterocycles. The second-order valence-electron chi connectivity index (χ2n) is 6.25. The van der Waals surface area contributed by atoms with Gasteiger partial charge in [-0.05, 0) is 41.1 Å². The SMILES string of the molecule is COc1ccc2ccccc2c1CNS(=O)(=O)c1ccc2oc(=O)ccc2c1. The molecule has 0 saturated heterocycles. The zero-order valence-electron chi connectivity index (χ0n) is 15.0. The van der Waals surface area contributed by atoms with Crippen LogP contribution < -0.4 is 15.1 Å². The van der Waals surface area contributed by atoms with Gasteiger partial charge in [0.25, 0.3) is 0 Å². The third kappa shape index (κ3) is 3.37. The lowest BCUT2D eigenvalue weighted by Crippen LogP contribution is -2.23.